The number of likely N-dealkylation sites (tertiary alicyclic amines) is 1. The smallest absolute Gasteiger partial charge is 0.135 e. The third kappa shape index (κ3) is 2.12. The van der Waals surface area contributed by atoms with E-state index in [9.17, 15) is 5.11 Å². The van der Waals surface area contributed by atoms with Gasteiger partial charge in [0.25, 0.3) is 0 Å². The molecular formula is C21H29NO4. The van der Waals surface area contributed by atoms with E-state index in [1.165, 1.54) is 17.5 Å². The normalized spacial score (nSPS) is 37.3. The molecule has 2 heterocycles. The summed E-state index contributed by atoms with van der Waals surface area (Å²) in [5, 5.41) is 9.88. The fourth-order valence-electron chi connectivity index (χ4n) is 6.34. The lowest BCUT2D eigenvalue weighted by atomic mass is 9.51. The Kier molecular flexibility index (Phi) is 4.05. The van der Waals surface area contributed by atoms with Gasteiger partial charge in [0.15, 0.2) is 0 Å². The summed E-state index contributed by atoms with van der Waals surface area (Å²) in [7, 11) is 3.99. The van der Waals surface area contributed by atoms with E-state index < -0.39 is 0 Å². The summed E-state index contributed by atoms with van der Waals surface area (Å²) < 4.78 is 18.1. The van der Waals surface area contributed by atoms with Crippen molar-refractivity contribution in [1.82, 2.24) is 4.90 Å². The van der Waals surface area contributed by atoms with Gasteiger partial charge < -0.3 is 24.2 Å². The number of methoxy groups -OCH3 is 1. The minimum Gasteiger partial charge on any atom is -0.486 e. The van der Waals surface area contributed by atoms with Crippen LogP contribution in [0.3, 0.4) is 0 Å². The third-order valence-electron chi connectivity index (χ3n) is 7.43. The Morgan fingerprint density at radius 1 is 1.31 bits per heavy atom. The van der Waals surface area contributed by atoms with Crippen molar-refractivity contribution in [3.05, 3.63) is 28.8 Å². The highest BCUT2D eigenvalue weighted by molar-refractivity contribution is 5.58. The first-order valence-electron chi connectivity index (χ1n) is 9.94. The Morgan fingerprint density at radius 3 is 3.00 bits per heavy atom. The average Bonchev–Trinajstić information content (AvgIpc) is 3.00. The van der Waals surface area contributed by atoms with Crippen LogP contribution in [0.15, 0.2) is 12.1 Å². The molecule has 0 amide bonds. The first-order chi connectivity index (χ1) is 12.7. The second-order valence-corrected chi connectivity index (χ2v) is 8.41. The maximum atomic E-state index is 9.88. The molecule has 26 heavy (non-hydrogen) atoms. The molecule has 5 nitrogen and oxygen atoms in total. The topological polar surface area (TPSA) is 51.2 Å². The summed E-state index contributed by atoms with van der Waals surface area (Å²) in [5.74, 6) is 1.58. The third-order valence-corrected chi connectivity index (χ3v) is 7.43. The van der Waals surface area contributed by atoms with E-state index in [-0.39, 0.29) is 24.2 Å². The Hall–Kier alpha value is -1.14. The van der Waals surface area contributed by atoms with Gasteiger partial charge in [-0.05, 0) is 50.8 Å². The summed E-state index contributed by atoms with van der Waals surface area (Å²) in [6, 6.07) is 4.88. The molecular weight excluding hydrogens is 330 g/mol. The van der Waals surface area contributed by atoms with Gasteiger partial charge in [-0.1, -0.05) is 12.1 Å². The van der Waals surface area contributed by atoms with Crippen molar-refractivity contribution < 1.29 is 19.3 Å². The Morgan fingerprint density at radius 2 is 2.19 bits per heavy atom. The van der Waals surface area contributed by atoms with E-state index in [0.29, 0.717) is 25.2 Å². The molecule has 2 bridgehead atoms. The number of hydrogen-bond donors (Lipinski definition) is 1. The van der Waals surface area contributed by atoms with Crippen LogP contribution < -0.4 is 4.74 Å². The lowest BCUT2D eigenvalue weighted by Gasteiger charge is -2.58. The summed E-state index contributed by atoms with van der Waals surface area (Å²) in [5.41, 5.74) is 3.81. The van der Waals surface area contributed by atoms with Gasteiger partial charge in [-0.3, -0.25) is 0 Å². The monoisotopic (exact) mass is 359 g/mol. The van der Waals surface area contributed by atoms with Crippen LogP contribution in [0.4, 0.5) is 0 Å². The van der Waals surface area contributed by atoms with Crippen LogP contribution in [0.2, 0.25) is 0 Å². The van der Waals surface area contributed by atoms with E-state index in [1.54, 1.807) is 7.11 Å². The highest BCUT2D eigenvalue weighted by atomic mass is 16.6. The number of ether oxygens (including phenoxy) is 3. The van der Waals surface area contributed by atoms with Crippen LogP contribution >= 0.6 is 0 Å². The van der Waals surface area contributed by atoms with Gasteiger partial charge in [-0.25, -0.2) is 0 Å². The molecule has 1 aromatic carbocycles. The molecule has 142 valence electrons. The number of hydrogen-bond acceptors (Lipinski definition) is 5. The average molecular weight is 359 g/mol. The molecule has 2 aliphatic heterocycles. The van der Waals surface area contributed by atoms with Crippen molar-refractivity contribution in [3.63, 3.8) is 0 Å². The van der Waals surface area contributed by atoms with Crippen molar-refractivity contribution in [2.75, 3.05) is 33.9 Å². The number of piperidine rings is 1. The Bertz CT molecular complexity index is 707. The van der Waals surface area contributed by atoms with E-state index in [4.69, 9.17) is 14.2 Å². The molecule has 0 radical (unpaired) electrons. The fraction of sp³-hybridized carbons (Fsp3) is 0.714. The van der Waals surface area contributed by atoms with Gasteiger partial charge >= 0.3 is 0 Å². The molecule has 2 unspecified atom stereocenters. The van der Waals surface area contributed by atoms with Crippen LogP contribution in [0.25, 0.3) is 0 Å². The first kappa shape index (κ1) is 17.0. The maximum Gasteiger partial charge on any atom is 0.135 e. The molecule has 5 heteroatoms. The van der Waals surface area contributed by atoms with E-state index >= 15 is 0 Å². The van der Waals surface area contributed by atoms with Crippen molar-refractivity contribution in [1.29, 1.82) is 0 Å². The molecule has 1 N–H and O–H groups in total. The largest absolute Gasteiger partial charge is 0.486 e. The highest BCUT2D eigenvalue weighted by Gasteiger charge is 2.65. The van der Waals surface area contributed by atoms with Gasteiger partial charge in [0, 0.05) is 29.7 Å². The number of aliphatic hydroxyl groups excluding tert-OH is 1. The summed E-state index contributed by atoms with van der Waals surface area (Å²) in [4.78, 5) is 2.56. The minimum atomic E-state index is 0.0363. The van der Waals surface area contributed by atoms with Crippen LogP contribution in [0.1, 0.15) is 36.0 Å². The fourth-order valence-corrected chi connectivity index (χ4v) is 6.34. The molecule has 1 aromatic rings. The quantitative estimate of drug-likeness (QED) is 0.814. The number of aliphatic hydroxyl groups is 1. The molecule has 0 aromatic heterocycles. The maximum absolute atomic E-state index is 9.88. The van der Waals surface area contributed by atoms with E-state index in [2.05, 4.69) is 24.1 Å². The van der Waals surface area contributed by atoms with Crippen LogP contribution in [0.5, 0.6) is 5.75 Å². The van der Waals surface area contributed by atoms with Crippen LogP contribution in [-0.2, 0) is 27.9 Å². The van der Waals surface area contributed by atoms with Crippen molar-refractivity contribution in [2.24, 2.45) is 5.92 Å². The molecule has 5 rings (SSSR count). The second kappa shape index (κ2) is 6.20. The minimum absolute atomic E-state index is 0.0363. The Balaban J connectivity index is 1.61. The molecule has 1 spiro atoms. The molecule has 2 fully saturated rings. The zero-order valence-corrected chi connectivity index (χ0v) is 15.7. The Labute approximate surface area is 155 Å². The molecule has 4 aliphatic rings. The lowest BCUT2D eigenvalue weighted by Crippen LogP contribution is -2.66. The molecule has 5 atom stereocenters. The highest BCUT2D eigenvalue weighted by Crippen LogP contribution is 2.63. The number of nitrogens with zero attached hydrogens (tertiary/aromatic N) is 1. The summed E-state index contributed by atoms with van der Waals surface area (Å²) in [6.07, 6.45) is 4.63. The number of rotatable bonds is 5. The van der Waals surface area contributed by atoms with Crippen molar-refractivity contribution in [3.8, 4) is 5.75 Å². The SMILES string of the molecule is COCCO[C@H]1CCC2C3Cc4ccc(CO)c5c4[C@@]2(CCN3C)[C@H]1O5. The second-order valence-electron chi connectivity index (χ2n) is 8.41. The van der Waals surface area contributed by atoms with Crippen molar-refractivity contribution in [2.45, 2.75) is 56.0 Å². The molecule has 1 saturated carbocycles. The van der Waals surface area contributed by atoms with E-state index in [1.807, 2.05) is 0 Å². The molecule has 2 aliphatic carbocycles. The van der Waals surface area contributed by atoms with Gasteiger partial charge in [0.05, 0.1) is 25.9 Å². The van der Waals surface area contributed by atoms with Crippen LogP contribution in [0, 0.1) is 5.92 Å². The van der Waals surface area contributed by atoms with E-state index in [0.717, 1.165) is 37.1 Å². The first-order valence-corrected chi connectivity index (χ1v) is 9.94. The summed E-state index contributed by atoms with van der Waals surface area (Å²) >= 11 is 0. The summed E-state index contributed by atoms with van der Waals surface area (Å²) in [6.45, 7) is 2.37. The number of benzene rings is 1. The molecule has 1 saturated heterocycles. The standard InChI is InChI=1S/C21H29NO4/c1-22-8-7-21-15-5-6-17(25-10-9-24-2)20(21)26-19-14(12-23)4-3-13(18(19)21)11-16(15)22/h3-4,15-17,20,23H,5-12H2,1-2H3/t15?,16?,17-,20-,21-/m0/s1. The van der Waals surface area contributed by atoms with Gasteiger partial charge in [-0.2, -0.15) is 0 Å². The number of likely N-dealkylation sites (N-methyl/N-ethyl adjacent to an activating group) is 1. The van der Waals surface area contributed by atoms with Gasteiger partial charge in [0.2, 0.25) is 0 Å². The van der Waals surface area contributed by atoms with Crippen molar-refractivity contribution >= 4 is 0 Å². The zero-order chi connectivity index (χ0) is 17.9. The lowest BCUT2D eigenvalue weighted by molar-refractivity contribution is -0.127. The van der Waals surface area contributed by atoms with Crippen LogP contribution in [-0.4, -0.2) is 62.2 Å². The predicted molar refractivity (Wildman–Crippen MR) is 97.5 cm³/mol. The van der Waals surface area contributed by atoms with Gasteiger partial charge in [-0.15, -0.1) is 0 Å². The zero-order valence-electron chi connectivity index (χ0n) is 15.7. The van der Waals surface area contributed by atoms with Gasteiger partial charge in [0.1, 0.15) is 11.9 Å². The predicted octanol–water partition coefficient (Wildman–Crippen LogP) is 1.88.